The Morgan fingerprint density at radius 3 is 2.80 bits per heavy atom. The smallest absolute Gasteiger partial charge is 0.237 e. The molecule has 0 bridgehead atoms. The van der Waals surface area contributed by atoms with Gasteiger partial charge in [-0.2, -0.15) is 0 Å². The Labute approximate surface area is 89.2 Å². The fraction of sp³-hybridized carbons (Fsp3) is 0.800. The Morgan fingerprint density at radius 1 is 1.13 bits per heavy atom. The summed E-state index contributed by atoms with van der Waals surface area (Å²) in [6, 6.07) is -0.0218. The number of carbonyl (C=O) groups excluding carboxylic acids is 2. The summed E-state index contributed by atoms with van der Waals surface area (Å²) in [4.78, 5) is 24.9. The van der Waals surface area contributed by atoms with Gasteiger partial charge in [0, 0.05) is 32.6 Å². The molecule has 0 aromatic heterocycles. The second kappa shape index (κ2) is 4.61. The first-order valence-corrected chi connectivity index (χ1v) is 5.56. The molecule has 5 nitrogen and oxygen atoms in total. The van der Waals surface area contributed by atoms with Crippen LogP contribution in [0.4, 0.5) is 0 Å². The number of nitrogens with one attached hydrogen (secondary N) is 2. The van der Waals surface area contributed by atoms with Gasteiger partial charge in [0.15, 0.2) is 0 Å². The van der Waals surface area contributed by atoms with E-state index in [2.05, 4.69) is 15.5 Å². The molecule has 84 valence electrons. The molecule has 0 aromatic carbocycles. The lowest BCUT2D eigenvalue weighted by Gasteiger charge is -2.31. The number of carbonyl (C=O) groups is 2. The van der Waals surface area contributed by atoms with Crippen molar-refractivity contribution < 1.29 is 9.59 Å². The Bertz CT molecular complexity index is 267. The molecule has 0 saturated carbocycles. The van der Waals surface area contributed by atoms with Gasteiger partial charge in [-0.25, -0.2) is 0 Å². The lowest BCUT2D eigenvalue weighted by Crippen LogP contribution is -2.51. The molecule has 2 aliphatic heterocycles. The van der Waals surface area contributed by atoms with Crippen molar-refractivity contribution in [3.8, 4) is 0 Å². The number of hydrogen-bond acceptors (Lipinski definition) is 3. The van der Waals surface area contributed by atoms with Crippen LogP contribution in [-0.2, 0) is 9.59 Å². The van der Waals surface area contributed by atoms with Crippen LogP contribution in [0.15, 0.2) is 0 Å². The first kappa shape index (κ1) is 10.4. The molecule has 2 fully saturated rings. The average Bonchev–Trinajstić information content (AvgIpc) is 2.44. The molecule has 0 aromatic rings. The highest BCUT2D eigenvalue weighted by Gasteiger charge is 2.29. The van der Waals surface area contributed by atoms with Crippen LogP contribution in [0.2, 0.25) is 0 Å². The summed E-state index contributed by atoms with van der Waals surface area (Å²) in [5, 5.41) is 5.69. The van der Waals surface area contributed by atoms with Crippen molar-refractivity contribution in [3.05, 3.63) is 0 Å². The minimum absolute atomic E-state index is 0.0218. The minimum atomic E-state index is -0.0218. The second-order valence-corrected chi connectivity index (χ2v) is 4.08. The highest BCUT2D eigenvalue weighted by Crippen LogP contribution is 2.12. The minimum Gasteiger partial charge on any atom is -0.355 e. The third-order valence-corrected chi connectivity index (χ3v) is 3.04. The lowest BCUT2D eigenvalue weighted by molar-refractivity contribution is -0.128. The van der Waals surface area contributed by atoms with Gasteiger partial charge in [-0.3, -0.25) is 14.5 Å². The van der Waals surface area contributed by atoms with Crippen LogP contribution in [0.1, 0.15) is 19.3 Å². The van der Waals surface area contributed by atoms with Crippen LogP contribution in [0.25, 0.3) is 0 Å². The summed E-state index contributed by atoms with van der Waals surface area (Å²) in [5.41, 5.74) is 0. The monoisotopic (exact) mass is 211 g/mol. The first-order chi connectivity index (χ1) is 7.27. The third-order valence-electron chi connectivity index (χ3n) is 3.04. The largest absolute Gasteiger partial charge is 0.355 e. The molecule has 1 atom stereocenters. The van der Waals surface area contributed by atoms with Crippen molar-refractivity contribution in [3.63, 3.8) is 0 Å². The predicted octanol–water partition coefficient (Wildman–Crippen LogP) is -0.913. The van der Waals surface area contributed by atoms with Crippen LogP contribution in [0, 0.1) is 0 Å². The quantitative estimate of drug-likeness (QED) is 0.590. The van der Waals surface area contributed by atoms with E-state index in [9.17, 15) is 9.59 Å². The van der Waals surface area contributed by atoms with Gasteiger partial charge in [-0.15, -0.1) is 0 Å². The van der Waals surface area contributed by atoms with E-state index in [1.165, 1.54) is 0 Å². The van der Waals surface area contributed by atoms with E-state index in [1.807, 2.05) is 0 Å². The van der Waals surface area contributed by atoms with E-state index in [4.69, 9.17) is 0 Å². The van der Waals surface area contributed by atoms with Gasteiger partial charge < -0.3 is 10.6 Å². The van der Waals surface area contributed by atoms with Gasteiger partial charge >= 0.3 is 0 Å². The number of nitrogens with zero attached hydrogens (tertiary/aromatic N) is 1. The second-order valence-electron chi connectivity index (χ2n) is 4.08. The van der Waals surface area contributed by atoms with Gasteiger partial charge in [0.05, 0.1) is 6.04 Å². The van der Waals surface area contributed by atoms with E-state index in [1.54, 1.807) is 0 Å². The van der Waals surface area contributed by atoms with Crippen molar-refractivity contribution in [1.29, 1.82) is 0 Å². The Kier molecular flexibility index (Phi) is 3.20. The average molecular weight is 211 g/mol. The van der Waals surface area contributed by atoms with Crippen LogP contribution in [0.5, 0.6) is 0 Å². The molecule has 2 rings (SSSR count). The topological polar surface area (TPSA) is 61.4 Å². The normalized spacial score (nSPS) is 29.2. The first-order valence-electron chi connectivity index (χ1n) is 5.56. The van der Waals surface area contributed by atoms with Crippen LogP contribution in [-0.4, -0.2) is 48.9 Å². The Balaban J connectivity index is 1.96. The molecule has 5 heteroatoms. The third kappa shape index (κ3) is 2.47. The molecule has 2 N–H and O–H groups in total. The zero-order valence-electron chi connectivity index (χ0n) is 8.79. The summed E-state index contributed by atoms with van der Waals surface area (Å²) in [6.07, 6.45) is 2.46. The van der Waals surface area contributed by atoms with Crippen molar-refractivity contribution in [2.75, 3.05) is 26.2 Å². The number of piperidine rings is 1. The molecule has 2 heterocycles. The summed E-state index contributed by atoms with van der Waals surface area (Å²) in [7, 11) is 0. The molecule has 2 saturated heterocycles. The molecule has 15 heavy (non-hydrogen) atoms. The van der Waals surface area contributed by atoms with Crippen LogP contribution >= 0.6 is 0 Å². The zero-order valence-corrected chi connectivity index (χ0v) is 8.79. The molecule has 2 aliphatic rings. The van der Waals surface area contributed by atoms with Gasteiger partial charge in [0.25, 0.3) is 0 Å². The van der Waals surface area contributed by atoms with Gasteiger partial charge in [-0.05, 0) is 12.8 Å². The van der Waals surface area contributed by atoms with Crippen molar-refractivity contribution in [2.45, 2.75) is 25.3 Å². The highest BCUT2D eigenvalue weighted by atomic mass is 16.2. The fourth-order valence-electron chi connectivity index (χ4n) is 2.20. The fourth-order valence-corrected chi connectivity index (χ4v) is 2.20. The Morgan fingerprint density at radius 2 is 2.00 bits per heavy atom. The van der Waals surface area contributed by atoms with Gasteiger partial charge in [0.1, 0.15) is 0 Å². The van der Waals surface area contributed by atoms with Crippen LogP contribution in [0.3, 0.4) is 0 Å². The predicted molar refractivity (Wildman–Crippen MR) is 55.2 cm³/mol. The molecule has 1 unspecified atom stereocenters. The molecule has 0 spiro atoms. The molecular formula is C10H17N3O2. The van der Waals surface area contributed by atoms with E-state index in [0.29, 0.717) is 19.5 Å². The zero-order chi connectivity index (χ0) is 10.7. The van der Waals surface area contributed by atoms with E-state index in [-0.39, 0.29) is 17.9 Å². The van der Waals surface area contributed by atoms with Crippen LogP contribution < -0.4 is 10.6 Å². The van der Waals surface area contributed by atoms with Gasteiger partial charge in [0.2, 0.25) is 11.8 Å². The number of rotatable bonds is 1. The van der Waals surface area contributed by atoms with Crippen molar-refractivity contribution in [2.24, 2.45) is 0 Å². The molecule has 2 amide bonds. The molecule has 0 aliphatic carbocycles. The SMILES string of the molecule is O=C1CCN(C2CCCNC2=O)CCN1. The van der Waals surface area contributed by atoms with Gasteiger partial charge in [-0.1, -0.05) is 0 Å². The number of hydrogen-bond donors (Lipinski definition) is 2. The standard InChI is InChI=1S/C10H17N3O2/c14-9-3-6-13(7-5-11-9)8-2-1-4-12-10(8)15/h8H,1-7H2,(H,11,14)(H,12,15). The van der Waals surface area contributed by atoms with E-state index >= 15 is 0 Å². The summed E-state index contributed by atoms with van der Waals surface area (Å²) in [6.45, 7) is 2.93. The summed E-state index contributed by atoms with van der Waals surface area (Å²) < 4.78 is 0. The Hall–Kier alpha value is -1.10. The van der Waals surface area contributed by atoms with E-state index < -0.39 is 0 Å². The lowest BCUT2D eigenvalue weighted by atomic mass is 10.0. The maximum absolute atomic E-state index is 11.6. The summed E-state index contributed by atoms with van der Waals surface area (Å²) >= 11 is 0. The molecule has 0 radical (unpaired) electrons. The van der Waals surface area contributed by atoms with E-state index in [0.717, 1.165) is 25.9 Å². The maximum Gasteiger partial charge on any atom is 0.237 e. The summed E-state index contributed by atoms with van der Waals surface area (Å²) in [5.74, 6) is 0.212. The van der Waals surface area contributed by atoms with Crippen molar-refractivity contribution in [1.82, 2.24) is 15.5 Å². The number of amides is 2. The highest BCUT2D eigenvalue weighted by molar-refractivity contribution is 5.82. The molecular weight excluding hydrogens is 194 g/mol. The maximum atomic E-state index is 11.6. The van der Waals surface area contributed by atoms with Crippen molar-refractivity contribution >= 4 is 11.8 Å².